The third-order valence-corrected chi connectivity index (χ3v) is 4.94. The summed E-state index contributed by atoms with van der Waals surface area (Å²) >= 11 is 0. The Kier molecular flexibility index (Phi) is 7.65. The number of amides is 2. The van der Waals surface area contributed by atoms with Gasteiger partial charge in [-0.3, -0.25) is 9.59 Å². The Morgan fingerprint density at radius 2 is 1.26 bits per heavy atom. The van der Waals surface area contributed by atoms with E-state index in [9.17, 15) is 9.59 Å². The van der Waals surface area contributed by atoms with E-state index in [0.717, 1.165) is 16.7 Å². The highest BCUT2D eigenvalue weighted by molar-refractivity contribution is 5.90. The first-order valence-electron chi connectivity index (χ1n) is 9.98. The maximum atomic E-state index is 13.0. The van der Waals surface area contributed by atoms with Gasteiger partial charge in [-0.25, -0.2) is 0 Å². The van der Waals surface area contributed by atoms with Crippen LogP contribution in [-0.2, 0) is 16.1 Å². The zero-order valence-electron chi connectivity index (χ0n) is 17.6. The molecule has 0 aromatic heterocycles. The van der Waals surface area contributed by atoms with E-state index in [0.29, 0.717) is 11.5 Å². The molecule has 0 unspecified atom stereocenters. The van der Waals surface area contributed by atoms with Crippen LogP contribution in [0.2, 0.25) is 0 Å². The standard InChI is InChI=1S/C25H26N2O4/c1-30-21-14-9-15-22(31-2)20(21)16-26-23(28)17-27-25(29)24(18-10-5-3-6-11-18)19-12-7-4-8-13-19/h3-15,24H,16-17H2,1-2H3,(H,26,28)(H,27,29). The van der Waals surface area contributed by atoms with Crippen LogP contribution >= 0.6 is 0 Å². The molecule has 31 heavy (non-hydrogen) atoms. The first kappa shape index (κ1) is 21.9. The number of rotatable bonds is 9. The van der Waals surface area contributed by atoms with Gasteiger partial charge in [-0.15, -0.1) is 0 Å². The number of hydrogen-bond donors (Lipinski definition) is 2. The molecule has 3 aromatic rings. The van der Waals surface area contributed by atoms with Crippen LogP contribution < -0.4 is 20.1 Å². The highest BCUT2D eigenvalue weighted by Gasteiger charge is 2.23. The molecule has 0 saturated carbocycles. The maximum Gasteiger partial charge on any atom is 0.239 e. The predicted octanol–water partition coefficient (Wildman–Crippen LogP) is 3.27. The van der Waals surface area contributed by atoms with Crippen molar-refractivity contribution >= 4 is 11.8 Å². The Morgan fingerprint density at radius 1 is 0.742 bits per heavy atom. The molecular weight excluding hydrogens is 392 g/mol. The molecule has 6 nitrogen and oxygen atoms in total. The van der Waals surface area contributed by atoms with E-state index < -0.39 is 5.92 Å². The van der Waals surface area contributed by atoms with E-state index >= 15 is 0 Å². The first-order chi connectivity index (χ1) is 15.1. The topological polar surface area (TPSA) is 76.7 Å². The summed E-state index contributed by atoms with van der Waals surface area (Å²) in [5, 5.41) is 5.57. The van der Waals surface area contributed by atoms with Crippen LogP contribution in [0.25, 0.3) is 0 Å². The van der Waals surface area contributed by atoms with Crippen molar-refractivity contribution in [2.45, 2.75) is 12.5 Å². The summed E-state index contributed by atoms with van der Waals surface area (Å²) in [7, 11) is 3.13. The van der Waals surface area contributed by atoms with Crippen molar-refractivity contribution in [2.75, 3.05) is 20.8 Å². The Hall–Kier alpha value is -3.80. The van der Waals surface area contributed by atoms with Crippen LogP contribution in [0.4, 0.5) is 0 Å². The van der Waals surface area contributed by atoms with E-state index in [1.807, 2.05) is 66.7 Å². The molecule has 0 bridgehead atoms. The molecule has 3 rings (SSSR count). The van der Waals surface area contributed by atoms with E-state index in [1.165, 1.54) is 0 Å². The van der Waals surface area contributed by atoms with E-state index in [1.54, 1.807) is 26.4 Å². The first-order valence-corrected chi connectivity index (χ1v) is 9.98. The average Bonchev–Trinajstić information content (AvgIpc) is 2.82. The van der Waals surface area contributed by atoms with Gasteiger partial charge in [0.15, 0.2) is 0 Å². The fourth-order valence-corrected chi connectivity index (χ4v) is 3.41. The second-order valence-electron chi connectivity index (χ2n) is 6.89. The van der Waals surface area contributed by atoms with Crippen LogP contribution in [-0.4, -0.2) is 32.6 Å². The number of methoxy groups -OCH3 is 2. The normalized spacial score (nSPS) is 10.4. The third kappa shape index (κ3) is 5.63. The molecule has 0 aliphatic heterocycles. The summed E-state index contributed by atoms with van der Waals surface area (Å²) in [5.74, 6) is 0.210. The van der Waals surface area contributed by atoms with Crippen molar-refractivity contribution in [3.05, 3.63) is 95.6 Å². The molecule has 0 heterocycles. The Balaban J connectivity index is 1.65. The Morgan fingerprint density at radius 3 is 1.74 bits per heavy atom. The molecule has 0 atom stereocenters. The number of hydrogen-bond acceptors (Lipinski definition) is 4. The summed E-state index contributed by atoms with van der Waals surface area (Å²) in [6, 6.07) is 24.4. The minimum atomic E-state index is -0.496. The van der Waals surface area contributed by atoms with Gasteiger partial charge >= 0.3 is 0 Å². The van der Waals surface area contributed by atoms with E-state index in [2.05, 4.69) is 10.6 Å². The van der Waals surface area contributed by atoms with Gasteiger partial charge in [-0.1, -0.05) is 66.7 Å². The van der Waals surface area contributed by atoms with Gasteiger partial charge < -0.3 is 20.1 Å². The Bertz CT molecular complexity index is 945. The van der Waals surface area contributed by atoms with Crippen LogP contribution in [0, 0.1) is 0 Å². The second kappa shape index (κ2) is 10.8. The minimum Gasteiger partial charge on any atom is -0.496 e. The fraction of sp³-hybridized carbons (Fsp3) is 0.200. The molecule has 0 aliphatic rings. The average molecular weight is 418 g/mol. The summed E-state index contributed by atoms with van der Waals surface area (Å²) in [5.41, 5.74) is 2.47. The fourth-order valence-electron chi connectivity index (χ4n) is 3.41. The van der Waals surface area contributed by atoms with Gasteiger partial charge in [0, 0.05) is 0 Å². The lowest BCUT2D eigenvalue weighted by atomic mass is 9.90. The van der Waals surface area contributed by atoms with E-state index in [-0.39, 0.29) is 24.9 Å². The number of carbonyl (C=O) groups is 2. The van der Waals surface area contributed by atoms with Crippen LogP contribution in [0.15, 0.2) is 78.9 Å². The van der Waals surface area contributed by atoms with Crippen molar-refractivity contribution in [1.82, 2.24) is 10.6 Å². The lowest BCUT2D eigenvalue weighted by Crippen LogP contribution is -2.39. The number of ether oxygens (including phenoxy) is 2. The smallest absolute Gasteiger partial charge is 0.239 e. The molecule has 3 aromatic carbocycles. The van der Waals surface area contributed by atoms with Crippen molar-refractivity contribution in [2.24, 2.45) is 0 Å². The van der Waals surface area contributed by atoms with Crippen molar-refractivity contribution in [3.63, 3.8) is 0 Å². The zero-order valence-corrected chi connectivity index (χ0v) is 17.6. The molecule has 0 aliphatic carbocycles. The molecule has 0 fully saturated rings. The van der Waals surface area contributed by atoms with Crippen LogP contribution in [0.1, 0.15) is 22.6 Å². The van der Waals surface area contributed by atoms with Gasteiger partial charge in [0.2, 0.25) is 11.8 Å². The maximum absolute atomic E-state index is 13.0. The monoisotopic (exact) mass is 418 g/mol. The summed E-state index contributed by atoms with van der Waals surface area (Å²) in [6.07, 6.45) is 0. The number of nitrogens with one attached hydrogen (secondary N) is 2. The summed E-state index contributed by atoms with van der Waals surface area (Å²) in [6.45, 7) is 0.0924. The molecule has 0 spiro atoms. The third-order valence-electron chi connectivity index (χ3n) is 4.94. The van der Waals surface area contributed by atoms with E-state index in [4.69, 9.17) is 9.47 Å². The predicted molar refractivity (Wildman–Crippen MR) is 119 cm³/mol. The van der Waals surface area contributed by atoms with Crippen LogP contribution in [0.5, 0.6) is 11.5 Å². The van der Waals surface area contributed by atoms with Gasteiger partial charge in [-0.05, 0) is 23.3 Å². The largest absolute Gasteiger partial charge is 0.496 e. The molecule has 0 saturated heterocycles. The highest BCUT2D eigenvalue weighted by Crippen LogP contribution is 2.28. The number of carbonyl (C=O) groups excluding carboxylic acids is 2. The highest BCUT2D eigenvalue weighted by atomic mass is 16.5. The molecule has 6 heteroatoms. The number of benzene rings is 3. The minimum absolute atomic E-state index is 0.132. The SMILES string of the molecule is COc1cccc(OC)c1CNC(=O)CNC(=O)C(c1ccccc1)c1ccccc1. The lowest BCUT2D eigenvalue weighted by molar-refractivity contribution is -0.126. The van der Waals surface area contributed by atoms with Gasteiger partial charge in [0.1, 0.15) is 11.5 Å². The lowest BCUT2D eigenvalue weighted by Gasteiger charge is -2.18. The molecule has 0 radical (unpaired) electrons. The molecule has 2 amide bonds. The summed E-state index contributed by atoms with van der Waals surface area (Å²) in [4.78, 5) is 25.4. The molecule has 160 valence electrons. The molecule has 2 N–H and O–H groups in total. The Labute approximate surface area is 182 Å². The van der Waals surface area contributed by atoms with Crippen molar-refractivity contribution in [1.29, 1.82) is 0 Å². The van der Waals surface area contributed by atoms with Crippen LogP contribution in [0.3, 0.4) is 0 Å². The van der Waals surface area contributed by atoms with Crippen molar-refractivity contribution < 1.29 is 19.1 Å². The van der Waals surface area contributed by atoms with Gasteiger partial charge in [-0.2, -0.15) is 0 Å². The second-order valence-corrected chi connectivity index (χ2v) is 6.89. The molecular formula is C25H26N2O4. The van der Waals surface area contributed by atoms with Crippen molar-refractivity contribution in [3.8, 4) is 11.5 Å². The van der Waals surface area contributed by atoms with Gasteiger partial charge in [0.25, 0.3) is 0 Å². The quantitative estimate of drug-likeness (QED) is 0.559. The van der Waals surface area contributed by atoms with Gasteiger partial charge in [0.05, 0.1) is 38.8 Å². The zero-order chi connectivity index (χ0) is 22.1. The summed E-state index contributed by atoms with van der Waals surface area (Å²) < 4.78 is 10.7.